The summed E-state index contributed by atoms with van der Waals surface area (Å²) in [5.74, 6) is -1.21. The number of hydrogen-bond acceptors (Lipinski definition) is 4. The predicted octanol–water partition coefficient (Wildman–Crippen LogP) is 3.06. The van der Waals surface area contributed by atoms with Gasteiger partial charge in [-0.3, -0.25) is 9.59 Å². The van der Waals surface area contributed by atoms with Gasteiger partial charge in [-0.15, -0.1) is 0 Å². The highest BCUT2D eigenvalue weighted by molar-refractivity contribution is 6.15. The van der Waals surface area contributed by atoms with Crippen LogP contribution in [-0.2, 0) is 20.9 Å². The van der Waals surface area contributed by atoms with Crippen LogP contribution < -0.4 is 5.32 Å². The molecule has 2 heterocycles. The van der Waals surface area contributed by atoms with E-state index in [9.17, 15) is 14.4 Å². The number of fused-ring (bicyclic) bond motifs is 1. The molecular weight excluding hydrogens is 382 g/mol. The number of carbonyl (C=O) groups excluding carboxylic acids is 3. The fourth-order valence-electron chi connectivity index (χ4n) is 3.66. The largest absolute Gasteiger partial charge is 0.468 e. The molecule has 1 N–H and O–H groups in total. The van der Waals surface area contributed by atoms with Crippen molar-refractivity contribution in [1.82, 2.24) is 14.8 Å². The molecule has 4 rings (SSSR count). The van der Waals surface area contributed by atoms with Crippen LogP contribution in [0.2, 0.25) is 0 Å². The van der Waals surface area contributed by atoms with E-state index in [0.29, 0.717) is 6.54 Å². The summed E-state index contributed by atoms with van der Waals surface area (Å²) in [4.78, 5) is 37.2. The molecule has 1 fully saturated rings. The van der Waals surface area contributed by atoms with Crippen molar-refractivity contribution in [1.29, 1.82) is 0 Å². The number of nitrogens with zero attached hydrogens (tertiary/aromatic N) is 2. The van der Waals surface area contributed by atoms with Crippen LogP contribution in [0, 0.1) is 6.92 Å². The molecule has 0 bridgehead atoms. The number of urea groups is 1. The van der Waals surface area contributed by atoms with Crippen LogP contribution in [0.3, 0.4) is 0 Å². The summed E-state index contributed by atoms with van der Waals surface area (Å²) in [7, 11) is 1.21. The van der Waals surface area contributed by atoms with E-state index < -0.39 is 24.5 Å². The molecule has 152 valence electrons. The zero-order chi connectivity index (χ0) is 21.3. The molecule has 0 saturated carbocycles. The molecule has 2 aromatic carbocycles. The molecular formula is C23H21N3O4. The summed E-state index contributed by atoms with van der Waals surface area (Å²) < 4.78 is 6.75. The van der Waals surface area contributed by atoms with Gasteiger partial charge in [-0.25, -0.2) is 9.69 Å². The molecule has 0 radical (unpaired) electrons. The van der Waals surface area contributed by atoms with Crippen molar-refractivity contribution in [3.63, 3.8) is 0 Å². The second-order valence-electron chi connectivity index (χ2n) is 7.04. The van der Waals surface area contributed by atoms with E-state index in [1.165, 1.54) is 7.11 Å². The normalized spacial score (nSPS) is 15.1. The molecule has 0 aliphatic carbocycles. The molecule has 0 unspecified atom stereocenters. The van der Waals surface area contributed by atoms with Crippen molar-refractivity contribution in [2.75, 3.05) is 13.7 Å². The van der Waals surface area contributed by atoms with Crippen molar-refractivity contribution < 1.29 is 19.1 Å². The molecule has 0 atom stereocenters. The van der Waals surface area contributed by atoms with E-state index in [1.54, 1.807) is 6.08 Å². The number of carbonyl (C=O) groups is 3. The second-order valence-corrected chi connectivity index (χ2v) is 7.04. The summed E-state index contributed by atoms with van der Waals surface area (Å²) in [5.41, 5.74) is 4.16. The first kappa shape index (κ1) is 19.4. The van der Waals surface area contributed by atoms with Crippen LogP contribution in [-0.4, -0.2) is 41.0 Å². The molecule has 3 aromatic rings. The number of aromatic nitrogens is 1. The Balaban J connectivity index is 1.75. The Morgan fingerprint density at radius 1 is 1.07 bits per heavy atom. The highest BCUT2D eigenvalue weighted by Crippen LogP contribution is 2.29. The monoisotopic (exact) mass is 403 g/mol. The van der Waals surface area contributed by atoms with E-state index in [4.69, 9.17) is 0 Å². The molecule has 3 amide bonds. The highest BCUT2D eigenvalue weighted by atomic mass is 16.5. The minimum absolute atomic E-state index is 0.134. The SMILES string of the molecule is COC(=O)CN1C(=O)N/C(=C/c2c(C)n(Cc3ccccc3)c3ccccc23)C1=O. The molecule has 7 nitrogen and oxygen atoms in total. The Morgan fingerprint density at radius 3 is 2.50 bits per heavy atom. The first-order valence-corrected chi connectivity index (χ1v) is 9.52. The zero-order valence-corrected chi connectivity index (χ0v) is 16.7. The molecule has 1 aliphatic rings. The van der Waals surface area contributed by atoms with E-state index in [-0.39, 0.29) is 5.70 Å². The van der Waals surface area contributed by atoms with Gasteiger partial charge >= 0.3 is 12.0 Å². The Hall–Kier alpha value is -3.87. The molecule has 1 aliphatic heterocycles. The average molecular weight is 403 g/mol. The minimum Gasteiger partial charge on any atom is -0.468 e. The number of methoxy groups -OCH3 is 1. The van der Waals surface area contributed by atoms with Crippen molar-refractivity contribution in [3.8, 4) is 0 Å². The lowest BCUT2D eigenvalue weighted by Crippen LogP contribution is -2.36. The standard InChI is InChI=1S/C23H21N3O4/c1-15-18(12-19-22(28)26(23(29)24-19)14-21(27)30-2)17-10-6-7-11-20(17)25(15)13-16-8-4-3-5-9-16/h3-12H,13-14H2,1-2H3,(H,24,29)/b19-12+. The molecule has 1 aromatic heterocycles. The topological polar surface area (TPSA) is 80.6 Å². The van der Waals surface area contributed by atoms with E-state index in [1.807, 2.05) is 49.4 Å². The van der Waals surface area contributed by atoms with Gasteiger partial charge in [-0.2, -0.15) is 0 Å². The smallest absolute Gasteiger partial charge is 0.329 e. The zero-order valence-electron chi connectivity index (χ0n) is 16.7. The summed E-state index contributed by atoms with van der Waals surface area (Å²) >= 11 is 0. The van der Waals surface area contributed by atoms with Gasteiger partial charge in [0.15, 0.2) is 0 Å². The summed E-state index contributed by atoms with van der Waals surface area (Å²) in [6.45, 7) is 2.25. The number of para-hydroxylation sites is 1. The summed E-state index contributed by atoms with van der Waals surface area (Å²) in [6.07, 6.45) is 1.68. The Bertz CT molecular complexity index is 1180. The van der Waals surface area contributed by atoms with Gasteiger partial charge in [0.05, 0.1) is 7.11 Å². The number of benzene rings is 2. The van der Waals surface area contributed by atoms with Crippen LogP contribution >= 0.6 is 0 Å². The lowest BCUT2D eigenvalue weighted by atomic mass is 10.1. The van der Waals surface area contributed by atoms with Crippen LogP contribution in [0.15, 0.2) is 60.3 Å². The number of imide groups is 1. The fraction of sp³-hybridized carbons (Fsp3) is 0.174. The number of nitrogens with one attached hydrogen (secondary N) is 1. The van der Waals surface area contributed by atoms with E-state index >= 15 is 0 Å². The van der Waals surface area contributed by atoms with Gasteiger partial charge in [-0.1, -0.05) is 48.5 Å². The number of hydrogen-bond donors (Lipinski definition) is 1. The fourth-order valence-corrected chi connectivity index (χ4v) is 3.66. The van der Waals surface area contributed by atoms with E-state index in [0.717, 1.165) is 32.6 Å². The van der Waals surface area contributed by atoms with Crippen molar-refractivity contribution in [2.24, 2.45) is 0 Å². The van der Waals surface area contributed by atoms with Crippen LogP contribution in [0.5, 0.6) is 0 Å². The van der Waals surface area contributed by atoms with Crippen molar-refractivity contribution in [3.05, 3.63) is 77.1 Å². The summed E-state index contributed by atoms with van der Waals surface area (Å²) in [6, 6.07) is 17.4. The van der Waals surface area contributed by atoms with Gasteiger partial charge in [0.2, 0.25) is 0 Å². The quantitative estimate of drug-likeness (QED) is 0.403. The molecule has 0 spiro atoms. The van der Waals surface area contributed by atoms with Gasteiger partial charge in [0, 0.05) is 28.7 Å². The first-order chi connectivity index (χ1) is 14.5. The second kappa shape index (κ2) is 7.87. The maximum atomic E-state index is 12.7. The molecule has 7 heteroatoms. The highest BCUT2D eigenvalue weighted by Gasteiger charge is 2.35. The van der Waals surface area contributed by atoms with Gasteiger partial charge in [0.1, 0.15) is 12.2 Å². The van der Waals surface area contributed by atoms with Crippen LogP contribution in [0.4, 0.5) is 4.79 Å². The number of amides is 3. The Labute approximate surface area is 173 Å². The minimum atomic E-state index is -0.657. The number of rotatable bonds is 5. The van der Waals surface area contributed by atoms with Crippen molar-refractivity contribution >= 4 is 34.9 Å². The third-order valence-electron chi connectivity index (χ3n) is 5.23. The van der Waals surface area contributed by atoms with Gasteiger partial charge < -0.3 is 14.6 Å². The maximum absolute atomic E-state index is 12.7. The lowest BCUT2D eigenvalue weighted by molar-refractivity contribution is -0.143. The third-order valence-corrected chi connectivity index (χ3v) is 5.23. The van der Waals surface area contributed by atoms with Gasteiger partial charge in [0.25, 0.3) is 5.91 Å². The predicted molar refractivity (Wildman–Crippen MR) is 112 cm³/mol. The average Bonchev–Trinajstić information content (AvgIpc) is 3.17. The lowest BCUT2D eigenvalue weighted by Gasteiger charge is -2.09. The third kappa shape index (κ3) is 3.45. The number of esters is 1. The maximum Gasteiger partial charge on any atom is 0.329 e. The summed E-state index contributed by atoms with van der Waals surface area (Å²) in [5, 5.41) is 3.54. The van der Waals surface area contributed by atoms with Crippen molar-refractivity contribution in [2.45, 2.75) is 13.5 Å². The molecule has 1 saturated heterocycles. The number of ether oxygens (including phenoxy) is 1. The van der Waals surface area contributed by atoms with Crippen LogP contribution in [0.25, 0.3) is 17.0 Å². The first-order valence-electron chi connectivity index (χ1n) is 9.52. The molecule has 30 heavy (non-hydrogen) atoms. The Kier molecular flexibility index (Phi) is 5.10. The van der Waals surface area contributed by atoms with Gasteiger partial charge in [-0.05, 0) is 24.6 Å². The Morgan fingerprint density at radius 2 is 1.77 bits per heavy atom. The van der Waals surface area contributed by atoms with E-state index in [2.05, 4.69) is 26.8 Å². The van der Waals surface area contributed by atoms with Crippen LogP contribution in [0.1, 0.15) is 16.8 Å².